The molecule has 8 heteroatoms. The molecule has 0 radical (unpaired) electrons. The fourth-order valence-electron chi connectivity index (χ4n) is 3.26. The number of thioether (sulfide) groups is 1. The van der Waals surface area contributed by atoms with E-state index < -0.39 is 6.03 Å². The lowest BCUT2D eigenvalue weighted by molar-refractivity contribution is -0.117. The standard InChI is InChI=1S/C19H25N5O2S/c1-13-8-6-7-11-15(13)17-22-23-19(24(17)2)27-12-16(25)21-18(26)20-14-9-4-3-5-10-14/h6-8,11,14H,3-5,9-10,12H2,1-2H3,(H2,20,21,25,26). The van der Waals surface area contributed by atoms with E-state index in [-0.39, 0.29) is 17.7 Å². The number of carbonyl (C=O) groups is 2. The van der Waals surface area contributed by atoms with Crippen LogP contribution in [0.4, 0.5) is 4.79 Å². The molecule has 0 bridgehead atoms. The number of benzene rings is 1. The van der Waals surface area contributed by atoms with Crippen molar-refractivity contribution in [1.82, 2.24) is 25.4 Å². The highest BCUT2D eigenvalue weighted by Crippen LogP contribution is 2.24. The number of amides is 3. The van der Waals surface area contributed by atoms with Crippen LogP contribution < -0.4 is 10.6 Å². The summed E-state index contributed by atoms with van der Waals surface area (Å²) >= 11 is 1.26. The van der Waals surface area contributed by atoms with E-state index >= 15 is 0 Å². The third kappa shape index (κ3) is 5.09. The van der Waals surface area contributed by atoms with Crippen molar-refractivity contribution in [2.45, 2.75) is 50.2 Å². The number of aromatic nitrogens is 3. The Morgan fingerprint density at radius 2 is 1.93 bits per heavy atom. The number of nitrogens with zero attached hydrogens (tertiary/aromatic N) is 3. The number of nitrogens with one attached hydrogen (secondary N) is 2. The zero-order chi connectivity index (χ0) is 19.2. The SMILES string of the molecule is Cc1ccccc1-c1nnc(SCC(=O)NC(=O)NC2CCCCC2)n1C. The summed E-state index contributed by atoms with van der Waals surface area (Å²) in [5, 5.41) is 14.3. The van der Waals surface area contributed by atoms with Gasteiger partial charge < -0.3 is 9.88 Å². The fraction of sp³-hybridized carbons (Fsp3) is 0.474. The van der Waals surface area contributed by atoms with E-state index in [1.54, 1.807) is 0 Å². The number of urea groups is 1. The maximum atomic E-state index is 12.1. The minimum absolute atomic E-state index is 0.109. The van der Waals surface area contributed by atoms with E-state index in [9.17, 15) is 9.59 Å². The molecule has 1 saturated carbocycles. The number of aryl methyl sites for hydroxylation is 1. The van der Waals surface area contributed by atoms with Crippen LogP contribution >= 0.6 is 11.8 Å². The summed E-state index contributed by atoms with van der Waals surface area (Å²) in [5.74, 6) is 0.525. The molecule has 1 aliphatic rings. The van der Waals surface area contributed by atoms with Gasteiger partial charge in [0.2, 0.25) is 5.91 Å². The van der Waals surface area contributed by atoms with Crippen LogP contribution in [0.15, 0.2) is 29.4 Å². The van der Waals surface area contributed by atoms with E-state index in [0.717, 1.165) is 42.6 Å². The molecule has 1 aromatic heterocycles. The normalized spacial score (nSPS) is 14.7. The van der Waals surface area contributed by atoms with Gasteiger partial charge in [-0.3, -0.25) is 10.1 Å². The second kappa shape index (κ2) is 9.03. The van der Waals surface area contributed by atoms with Crippen LogP contribution in [0.5, 0.6) is 0 Å². The van der Waals surface area contributed by atoms with E-state index in [2.05, 4.69) is 20.8 Å². The Kier molecular flexibility index (Phi) is 6.49. The van der Waals surface area contributed by atoms with E-state index in [1.165, 1.54) is 18.2 Å². The van der Waals surface area contributed by atoms with Crippen molar-refractivity contribution in [2.75, 3.05) is 5.75 Å². The minimum Gasteiger partial charge on any atom is -0.335 e. The fourth-order valence-corrected chi connectivity index (χ4v) is 3.97. The third-order valence-corrected chi connectivity index (χ3v) is 5.77. The van der Waals surface area contributed by atoms with Crippen molar-refractivity contribution >= 4 is 23.7 Å². The highest BCUT2D eigenvalue weighted by Gasteiger charge is 2.18. The second-order valence-corrected chi connectivity index (χ2v) is 7.77. The van der Waals surface area contributed by atoms with Crippen LogP contribution in [-0.2, 0) is 11.8 Å². The van der Waals surface area contributed by atoms with Crippen molar-refractivity contribution < 1.29 is 9.59 Å². The Balaban J connectivity index is 1.52. The van der Waals surface area contributed by atoms with Crippen molar-refractivity contribution in [3.63, 3.8) is 0 Å². The summed E-state index contributed by atoms with van der Waals surface area (Å²) in [4.78, 5) is 24.0. The van der Waals surface area contributed by atoms with Gasteiger partial charge in [-0.15, -0.1) is 10.2 Å². The van der Waals surface area contributed by atoms with Gasteiger partial charge >= 0.3 is 6.03 Å². The molecular formula is C19H25N5O2S. The van der Waals surface area contributed by atoms with Gasteiger partial charge in [-0.05, 0) is 25.3 Å². The molecule has 3 amide bonds. The third-order valence-electron chi connectivity index (χ3n) is 4.75. The predicted octanol–water partition coefficient (Wildman–Crippen LogP) is 3.04. The Labute approximate surface area is 163 Å². The molecule has 2 N–H and O–H groups in total. The Bertz CT molecular complexity index is 814. The second-order valence-electron chi connectivity index (χ2n) is 6.83. The van der Waals surface area contributed by atoms with Gasteiger partial charge in [0, 0.05) is 18.7 Å². The summed E-state index contributed by atoms with van der Waals surface area (Å²) in [6.45, 7) is 2.02. The Morgan fingerprint density at radius 3 is 2.67 bits per heavy atom. The topological polar surface area (TPSA) is 88.9 Å². The minimum atomic E-state index is -0.411. The molecule has 1 aromatic carbocycles. The van der Waals surface area contributed by atoms with E-state index in [0.29, 0.717) is 5.16 Å². The van der Waals surface area contributed by atoms with Crippen molar-refractivity contribution in [1.29, 1.82) is 0 Å². The zero-order valence-electron chi connectivity index (χ0n) is 15.7. The van der Waals surface area contributed by atoms with E-state index in [1.807, 2.05) is 42.8 Å². The molecule has 1 aliphatic carbocycles. The summed E-state index contributed by atoms with van der Waals surface area (Å²) in [5.41, 5.74) is 2.12. The van der Waals surface area contributed by atoms with Crippen LogP contribution in [-0.4, -0.2) is 38.5 Å². The van der Waals surface area contributed by atoms with Crippen LogP contribution in [0.25, 0.3) is 11.4 Å². The van der Waals surface area contributed by atoms with Crippen LogP contribution in [0.3, 0.4) is 0 Å². The van der Waals surface area contributed by atoms with Crippen molar-refractivity contribution in [3.8, 4) is 11.4 Å². The van der Waals surface area contributed by atoms with Crippen molar-refractivity contribution in [2.24, 2.45) is 7.05 Å². The zero-order valence-corrected chi connectivity index (χ0v) is 16.5. The molecule has 0 unspecified atom stereocenters. The summed E-state index contributed by atoms with van der Waals surface area (Å²) in [7, 11) is 1.87. The smallest absolute Gasteiger partial charge is 0.321 e. The molecule has 1 heterocycles. The first-order chi connectivity index (χ1) is 13.0. The maximum Gasteiger partial charge on any atom is 0.321 e. The molecule has 7 nitrogen and oxygen atoms in total. The predicted molar refractivity (Wildman–Crippen MR) is 105 cm³/mol. The molecule has 0 atom stereocenters. The van der Waals surface area contributed by atoms with Gasteiger partial charge in [-0.1, -0.05) is 55.3 Å². The van der Waals surface area contributed by atoms with Crippen LogP contribution in [0, 0.1) is 6.92 Å². The lowest BCUT2D eigenvalue weighted by atomic mass is 9.96. The largest absolute Gasteiger partial charge is 0.335 e. The molecular weight excluding hydrogens is 362 g/mol. The quantitative estimate of drug-likeness (QED) is 0.770. The van der Waals surface area contributed by atoms with Crippen LogP contribution in [0.2, 0.25) is 0 Å². The number of rotatable bonds is 5. The first-order valence-corrected chi connectivity index (χ1v) is 10.2. The molecule has 1 fully saturated rings. The average Bonchev–Trinajstić information content (AvgIpc) is 3.01. The molecule has 144 valence electrons. The van der Waals surface area contributed by atoms with E-state index in [4.69, 9.17) is 0 Å². The Morgan fingerprint density at radius 1 is 1.19 bits per heavy atom. The number of carbonyl (C=O) groups excluding carboxylic acids is 2. The lowest BCUT2D eigenvalue weighted by Gasteiger charge is -2.22. The average molecular weight is 388 g/mol. The summed E-state index contributed by atoms with van der Waals surface area (Å²) in [6, 6.07) is 7.72. The highest BCUT2D eigenvalue weighted by molar-refractivity contribution is 7.99. The van der Waals surface area contributed by atoms with Gasteiger partial charge in [0.15, 0.2) is 11.0 Å². The van der Waals surface area contributed by atoms with Gasteiger partial charge in [0.25, 0.3) is 0 Å². The molecule has 0 spiro atoms. The van der Waals surface area contributed by atoms with Gasteiger partial charge in [0.05, 0.1) is 5.75 Å². The monoisotopic (exact) mass is 387 g/mol. The lowest BCUT2D eigenvalue weighted by Crippen LogP contribution is -2.45. The van der Waals surface area contributed by atoms with Crippen LogP contribution in [0.1, 0.15) is 37.7 Å². The van der Waals surface area contributed by atoms with Crippen molar-refractivity contribution in [3.05, 3.63) is 29.8 Å². The van der Waals surface area contributed by atoms with Gasteiger partial charge in [-0.25, -0.2) is 4.79 Å². The number of hydrogen-bond acceptors (Lipinski definition) is 5. The summed E-state index contributed by atoms with van der Waals surface area (Å²) < 4.78 is 1.86. The Hall–Kier alpha value is -2.35. The first kappa shape index (κ1) is 19.4. The maximum absolute atomic E-state index is 12.1. The van der Waals surface area contributed by atoms with Gasteiger partial charge in [0.1, 0.15) is 0 Å². The first-order valence-electron chi connectivity index (χ1n) is 9.23. The molecule has 27 heavy (non-hydrogen) atoms. The molecule has 2 aromatic rings. The molecule has 0 aliphatic heterocycles. The van der Waals surface area contributed by atoms with Gasteiger partial charge in [-0.2, -0.15) is 0 Å². The highest BCUT2D eigenvalue weighted by atomic mass is 32.2. The molecule has 3 rings (SSSR count). The molecule has 0 saturated heterocycles. The number of hydrogen-bond donors (Lipinski definition) is 2. The number of imide groups is 1. The summed E-state index contributed by atoms with van der Waals surface area (Å²) in [6.07, 6.45) is 5.44.